The predicted molar refractivity (Wildman–Crippen MR) is 246 cm³/mol. The summed E-state index contributed by atoms with van der Waals surface area (Å²) in [6, 6.07) is 22.2. The maximum atomic E-state index is 14.0. The fourth-order valence-corrected chi connectivity index (χ4v) is 9.83. The Morgan fingerprint density at radius 2 is 1.81 bits per heavy atom. The minimum absolute atomic E-state index is 0.0180. The molecule has 3 aromatic carbocycles. The van der Waals surface area contributed by atoms with E-state index >= 15 is 0 Å². The molecule has 1 aliphatic carbocycles. The Labute approximate surface area is 375 Å². The maximum absolute atomic E-state index is 14.0. The van der Waals surface area contributed by atoms with E-state index in [1.807, 2.05) is 30.3 Å². The standard InChI is InChI=1S/C47H47ClN8O7S/c1-47(2)13-9-33(40(26-47)31-3-5-34(48)6-4-31)28-54-17-19-55(20-18-54)36-7-8-39(42(23-36)63-37-22-32-12-16-50-45(32)51-27-37)46(57)53-64(60,61)38-24-41(56(58)59)44-43(25-38)62-29-35(52-44)21-30-10-14-49-15-11-30/h3-8,10-12,14-16,22-25,27,35,52H,9,13,17-21,26,28-29H2,1-2H3,(H,50,51)(H,53,57)/t35-/m0/s1. The summed E-state index contributed by atoms with van der Waals surface area (Å²) in [6.07, 6.45) is 10.2. The number of hydrogen-bond acceptors (Lipinski definition) is 12. The molecule has 3 aliphatic rings. The highest BCUT2D eigenvalue weighted by Gasteiger charge is 2.33. The van der Waals surface area contributed by atoms with Crippen LogP contribution in [0.4, 0.5) is 17.1 Å². The van der Waals surface area contributed by atoms with E-state index in [-0.39, 0.29) is 40.8 Å². The third kappa shape index (κ3) is 9.39. The van der Waals surface area contributed by atoms with Crippen LogP contribution in [0.5, 0.6) is 17.2 Å². The number of hydrogen-bond donors (Lipinski definition) is 3. The van der Waals surface area contributed by atoms with Gasteiger partial charge in [-0.2, -0.15) is 0 Å². The van der Waals surface area contributed by atoms with Crippen LogP contribution in [0.1, 0.15) is 54.6 Å². The Morgan fingerprint density at radius 1 is 1.03 bits per heavy atom. The molecule has 0 spiro atoms. The topological polar surface area (TPSA) is 185 Å². The second kappa shape index (κ2) is 17.6. The number of amides is 1. The van der Waals surface area contributed by atoms with Gasteiger partial charge >= 0.3 is 0 Å². The SMILES string of the molecule is CC1(C)CCC(CN2CCN(c3ccc(C(=O)NS(=O)(=O)c4cc5c(c([N+](=O)[O-])c4)N[C@@H](Cc4ccncc4)CO5)c(Oc4cnc5[nH]ccc5c4)c3)CC2)=C(c2ccc(Cl)cc2)C1. The number of pyridine rings is 2. The molecule has 6 aromatic rings. The minimum Gasteiger partial charge on any atom is -0.489 e. The number of H-pyrrole nitrogens is 1. The summed E-state index contributed by atoms with van der Waals surface area (Å²) < 4.78 is 42.1. The summed E-state index contributed by atoms with van der Waals surface area (Å²) in [4.78, 5) is 41.3. The average molecular weight is 903 g/mol. The maximum Gasteiger partial charge on any atom is 0.297 e. The van der Waals surface area contributed by atoms with Crippen LogP contribution in [-0.4, -0.2) is 84.5 Å². The summed E-state index contributed by atoms with van der Waals surface area (Å²) in [5, 5.41) is 16.9. The molecule has 2 aliphatic heterocycles. The number of halogens is 1. The summed E-state index contributed by atoms with van der Waals surface area (Å²) in [6.45, 7) is 8.70. The van der Waals surface area contributed by atoms with E-state index in [0.717, 1.165) is 66.6 Å². The molecule has 17 heteroatoms. The van der Waals surface area contributed by atoms with Gasteiger partial charge in [-0.15, -0.1) is 0 Å². The normalized spacial score (nSPS) is 17.6. The van der Waals surface area contributed by atoms with Crippen molar-refractivity contribution in [3.05, 3.63) is 141 Å². The Morgan fingerprint density at radius 3 is 2.58 bits per heavy atom. The molecular weight excluding hydrogens is 856 g/mol. The van der Waals surface area contributed by atoms with Gasteiger partial charge in [-0.3, -0.25) is 24.8 Å². The van der Waals surface area contributed by atoms with E-state index in [9.17, 15) is 23.3 Å². The van der Waals surface area contributed by atoms with Crippen molar-refractivity contribution >= 4 is 61.2 Å². The van der Waals surface area contributed by atoms with Gasteiger partial charge in [0, 0.05) is 85.6 Å². The van der Waals surface area contributed by atoms with Crippen LogP contribution >= 0.6 is 11.6 Å². The average Bonchev–Trinajstić information content (AvgIpc) is 3.75. The molecule has 3 aromatic heterocycles. The number of aromatic nitrogens is 3. The minimum atomic E-state index is -4.67. The molecule has 0 unspecified atom stereocenters. The van der Waals surface area contributed by atoms with Gasteiger partial charge in [0.2, 0.25) is 0 Å². The van der Waals surface area contributed by atoms with Gasteiger partial charge in [-0.1, -0.05) is 43.2 Å². The van der Waals surface area contributed by atoms with Crippen LogP contribution in [0.15, 0.2) is 114 Å². The van der Waals surface area contributed by atoms with Crippen molar-refractivity contribution < 1.29 is 27.6 Å². The Balaban J connectivity index is 0.945. The lowest BCUT2D eigenvalue weighted by atomic mass is 9.72. The first kappa shape index (κ1) is 42.8. The number of aromatic amines is 1. The van der Waals surface area contributed by atoms with Gasteiger partial charge in [-0.05, 0) is 96.3 Å². The number of fused-ring (bicyclic) bond motifs is 2. The first-order chi connectivity index (χ1) is 30.8. The number of sulfonamides is 1. The number of nitrogens with zero attached hydrogens (tertiary/aromatic N) is 5. The van der Waals surface area contributed by atoms with E-state index in [2.05, 4.69) is 60.8 Å². The number of rotatable bonds is 12. The first-order valence-corrected chi connectivity index (χ1v) is 23.0. The third-order valence-electron chi connectivity index (χ3n) is 12.2. The molecule has 5 heterocycles. The smallest absolute Gasteiger partial charge is 0.297 e. The fourth-order valence-electron chi connectivity index (χ4n) is 8.70. The van der Waals surface area contributed by atoms with Gasteiger partial charge < -0.3 is 24.7 Å². The summed E-state index contributed by atoms with van der Waals surface area (Å²) in [7, 11) is -4.67. The highest BCUT2D eigenvalue weighted by atomic mass is 35.5. The summed E-state index contributed by atoms with van der Waals surface area (Å²) in [5.41, 5.74) is 6.18. The monoisotopic (exact) mass is 902 g/mol. The number of anilines is 2. The molecule has 64 heavy (non-hydrogen) atoms. The molecule has 330 valence electrons. The van der Waals surface area contributed by atoms with Crippen molar-refractivity contribution in [3.63, 3.8) is 0 Å². The lowest BCUT2D eigenvalue weighted by Gasteiger charge is -2.39. The molecule has 0 radical (unpaired) electrons. The second-order valence-electron chi connectivity index (χ2n) is 17.3. The molecule has 1 fully saturated rings. The van der Waals surface area contributed by atoms with Gasteiger partial charge in [-0.25, -0.2) is 18.1 Å². The summed E-state index contributed by atoms with van der Waals surface area (Å²) in [5.74, 6) is -0.561. The van der Waals surface area contributed by atoms with Gasteiger partial charge in [0.25, 0.3) is 21.6 Å². The highest BCUT2D eigenvalue weighted by Crippen LogP contribution is 2.44. The molecule has 9 rings (SSSR count). The van der Waals surface area contributed by atoms with Gasteiger partial charge in [0.05, 0.1) is 27.6 Å². The van der Waals surface area contributed by atoms with Gasteiger partial charge in [0.1, 0.15) is 23.8 Å². The largest absolute Gasteiger partial charge is 0.489 e. The molecule has 3 N–H and O–H groups in total. The van der Waals surface area contributed by atoms with Crippen molar-refractivity contribution in [2.24, 2.45) is 5.41 Å². The summed E-state index contributed by atoms with van der Waals surface area (Å²) >= 11 is 6.25. The number of nitro groups is 1. The van der Waals surface area contributed by atoms with E-state index in [1.54, 1.807) is 36.8 Å². The number of benzene rings is 3. The predicted octanol–water partition coefficient (Wildman–Crippen LogP) is 8.63. The van der Waals surface area contributed by atoms with Crippen molar-refractivity contribution in [2.45, 2.75) is 50.5 Å². The lowest BCUT2D eigenvalue weighted by molar-refractivity contribution is -0.384. The number of piperazine rings is 1. The van der Waals surface area contributed by atoms with Crippen LogP contribution in [-0.2, 0) is 16.4 Å². The van der Waals surface area contributed by atoms with Crippen LogP contribution in [0, 0.1) is 15.5 Å². The molecule has 1 atom stereocenters. The number of allylic oxidation sites excluding steroid dienone is 1. The number of carbonyl (C=O) groups is 1. The van der Waals surface area contributed by atoms with Crippen LogP contribution in [0.3, 0.4) is 0 Å². The fraction of sp³-hybridized carbons (Fsp3) is 0.298. The second-order valence-corrected chi connectivity index (χ2v) is 19.4. The molecular formula is C47H47ClN8O7S. The number of carbonyl (C=O) groups excluding carboxylic acids is 1. The molecule has 15 nitrogen and oxygen atoms in total. The Hall–Kier alpha value is -6.49. The van der Waals surface area contributed by atoms with Crippen LogP contribution < -0.4 is 24.4 Å². The quantitative estimate of drug-likeness (QED) is 0.0786. The zero-order chi connectivity index (χ0) is 44.6. The van der Waals surface area contributed by atoms with Crippen molar-refractivity contribution in [2.75, 3.05) is 49.5 Å². The Kier molecular flexibility index (Phi) is 11.8. The van der Waals surface area contributed by atoms with Crippen LogP contribution in [0.25, 0.3) is 16.6 Å². The first-order valence-electron chi connectivity index (χ1n) is 21.1. The van der Waals surface area contributed by atoms with E-state index < -0.39 is 31.4 Å². The van der Waals surface area contributed by atoms with Crippen LogP contribution in [0.2, 0.25) is 5.02 Å². The number of nitrogens with one attached hydrogen (secondary N) is 3. The zero-order valence-electron chi connectivity index (χ0n) is 35.3. The molecule has 0 bridgehead atoms. The Bertz CT molecular complexity index is 2880. The highest BCUT2D eigenvalue weighted by molar-refractivity contribution is 7.90. The van der Waals surface area contributed by atoms with Gasteiger partial charge in [0.15, 0.2) is 11.4 Å². The third-order valence-corrected chi connectivity index (χ3v) is 13.7. The zero-order valence-corrected chi connectivity index (χ0v) is 36.9. The number of nitro benzene ring substituents is 1. The van der Waals surface area contributed by atoms with E-state index in [1.165, 1.54) is 35.0 Å². The molecule has 0 saturated carbocycles. The molecule has 1 amide bonds. The lowest BCUT2D eigenvalue weighted by Crippen LogP contribution is -2.47. The molecule has 1 saturated heterocycles. The van der Waals surface area contributed by atoms with Crippen molar-refractivity contribution in [1.82, 2.24) is 24.6 Å². The van der Waals surface area contributed by atoms with Crippen molar-refractivity contribution in [1.29, 1.82) is 0 Å². The van der Waals surface area contributed by atoms with E-state index in [0.29, 0.717) is 30.9 Å². The van der Waals surface area contributed by atoms with E-state index in [4.69, 9.17) is 21.1 Å². The number of ether oxygens (including phenoxy) is 2. The van der Waals surface area contributed by atoms with Crippen molar-refractivity contribution in [3.8, 4) is 17.2 Å².